The normalized spacial score (nSPS) is 18.1. The number of hydrogen-bond donors (Lipinski definition) is 2. The zero-order valence-electron chi connectivity index (χ0n) is 9.82. The molecule has 1 amide bonds. The molecule has 2 rings (SSSR count). The number of amides is 1. The topological polar surface area (TPSA) is 55.1 Å². The lowest BCUT2D eigenvalue weighted by Crippen LogP contribution is -2.46. The van der Waals surface area contributed by atoms with Gasteiger partial charge in [-0.25, -0.2) is 0 Å². The number of rotatable bonds is 3. The summed E-state index contributed by atoms with van der Waals surface area (Å²) in [5.41, 5.74) is 6.44. The third-order valence-electron chi connectivity index (χ3n) is 3.47. The molecule has 0 bridgehead atoms. The van der Waals surface area contributed by atoms with Gasteiger partial charge in [0, 0.05) is 0 Å². The van der Waals surface area contributed by atoms with Crippen LogP contribution in [0.2, 0.25) is 0 Å². The molecule has 1 aliphatic heterocycles. The van der Waals surface area contributed by atoms with Crippen LogP contribution in [0.1, 0.15) is 18.4 Å². The average molecular weight is 255 g/mol. The first kappa shape index (κ1) is 14.0. The minimum atomic E-state index is -0.341. The Morgan fingerprint density at radius 1 is 1.24 bits per heavy atom. The van der Waals surface area contributed by atoms with Crippen molar-refractivity contribution in [3.05, 3.63) is 35.9 Å². The van der Waals surface area contributed by atoms with E-state index in [1.165, 1.54) is 5.56 Å². The summed E-state index contributed by atoms with van der Waals surface area (Å²) in [7, 11) is 0. The fourth-order valence-electron chi connectivity index (χ4n) is 2.40. The van der Waals surface area contributed by atoms with E-state index < -0.39 is 0 Å². The van der Waals surface area contributed by atoms with Crippen LogP contribution in [0.3, 0.4) is 0 Å². The first-order valence-corrected chi connectivity index (χ1v) is 5.77. The van der Waals surface area contributed by atoms with Crippen LogP contribution in [-0.2, 0) is 11.2 Å². The van der Waals surface area contributed by atoms with Crippen LogP contribution in [0.25, 0.3) is 0 Å². The molecule has 0 radical (unpaired) electrons. The molecule has 3 N–H and O–H groups in total. The summed E-state index contributed by atoms with van der Waals surface area (Å²) in [5.74, 6) is -0.155. The minimum Gasteiger partial charge on any atom is -0.369 e. The second-order valence-corrected chi connectivity index (χ2v) is 4.56. The SMILES string of the molecule is Cl.NC(=O)C1(Cc2ccccc2)CCNCC1. The van der Waals surface area contributed by atoms with Gasteiger partial charge in [-0.15, -0.1) is 12.4 Å². The Morgan fingerprint density at radius 2 is 1.82 bits per heavy atom. The highest BCUT2D eigenvalue weighted by molar-refractivity contribution is 5.85. The van der Waals surface area contributed by atoms with Gasteiger partial charge in [0.15, 0.2) is 0 Å². The fourth-order valence-corrected chi connectivity index (χ4v) is 2.40. The maximum atomic E-state index is 11.7. The van der Waals surface area contributed by atoms with Crippen LogP contribution < -0.4 is 11.1 Å². The van der Waals surface area contributed by atoms with Crippen LogP contribution in [0.15, 0.2) is 30.3 Å². The van der Waals surface area contributed by atoms with E-state index in [0.717, 1.165) is 32.4 Å². The van der Waals surface area contributed by atoms with E-state index in [1.807, 2.05) is 18.2 Å². The molecule has 1 saturated heterocycles. The van der Waals surface area contributed by atoms with Crippen molar-refractivity contribution in [3.8, 4) is 0 Å². The Kier molecular flexibility index (Phi) is 4.97. The van der Waals surface area contributed by atoms with Crippen molar-refractivity contribution in [2.24, 2.45) is 11.1 Å². The summed E-state index contributed by atoms with van der Waals surface area (Å²) in [6.45, 7) is 1.77. The number of halogens is 1. The van der Waals surface area contributed by atoms with Gasteiger partial charge in [0.1, 0.15) is 0 Å². The van der Waals surface area contributed by atoms with Gasteiger partial charge in [-0.3, -0.25) is 4.79 Å². The van der Waals surface area contributed by atoms with Crippen molar-refractivity contribution in [2.45, 2.75) is 19.3 Å². The van der Waals surface area contributed by atoms with Gasteiger partial charge >= 0.3 is 0 Å². The van der Waals surface area contributed by atoms with E-state index in [2.05, 4.69) is 17.4 Å². The van der Waals surface area contributed by atoms with Crippen LogP contribution in [0, 0.1) is 5.41 Å². The van der Waals surface area contributed by atoms with E-state index >= 15 is 0 Å². The van der Waals surface area contributed by atoms with E-state index in [4.69, 9.17) is 5.73 Å². The van der Waals surface area contributed by atoms with Crippen LogP contribution >= 0.6 is 12.4 Å². The van der Waals surface area contributed by atoms with Crippen molar-refractivity contribution in [1.82, 2.24) is 5.32 Å². The molecule has 0 spiro atoms. The predicted molar refractivity (Wildman–Crippen MR) is 71.1 cm³/mol. The molecule has 0 atom stereocenters. The third kappa shape index (κ3) is 3.20. The number of carbonyl (C=O) groups excluding carboxylic acids is 1. The number of nitrogens with one attached hydrogen (secondary N) is 1. The highest BCUT2D eigenvalue weighted by Gasteiger charge is 2.37. The van der Waals surface area contributed by atoms with E-state index in [0.29, 0.717) is 0 Å². The predicted octanol–water partition coefficient (Wildman–Crippen LogP) is 1.51. The van der Waals surface area contributed by atoms with Crippen molar-refractivity contribution >= 4 is 18.3 Å². The molecule has 1 fully saturated rings. The average Bonchev–Trinajstić information content (AvgIpc) is 2.31. The molecule has 94 valence electrons. The first-order valence-electron chi connectivity index (χ1n) is 5.77. The Labute approximate surface area is 108 Å². The lowest BCUT2D eigenvalue weighted by atomic mass is 9.73. The molecular weight excluding hydrogens is 236 g/mol. The lowest BCUT2D eigenvalue weighted by molar-refractivity contribution is -0.129. The molecule has 0 aliphatic carbocycles. The summed E-state index contributed by atoms with van der Waals surface area (Å²) in [6.07, 6.45) is 2.46. The summed E-state index contributed by atoms with van der Waals surface area (Å²) in [6, 6.07) is 10.1. The maximum absolute atomic E-state index is 11.7. The number of piperidine rings is 1. The van der Waals surface area contributed by atoms with Gasteiger partial charge in [0.25, 0.3) is 0 Å². The molecule has 17 heavy (non-hydrogen) atoms. The summed E-state index contributed by atoms with van der Waals surface area (Å²) < 4.78 is 0. The molecule has 4 heteroatoms. The molecule has 3 nitrogen and oxygen atoms in total. The van der Waals surface area contributed by atoms with Gasteiger partial charge in [-0.2, -0.15) is 0 Å². The van der Waals surface area contributed by atoms with Crippen LogP contribution in [0.5, 0.6) is 0 Å². The Balaban J connectivity index is 0.00000144. The molecular formula is C13H19ClN2O. The lowest BCUT2D eigenvalue weighted by Gasteiger charge is -2.34. The van der Waals surface area contributed by atoms with Gasteiger partial charge in [-0.05, 0) is 37.9 Å². The second-order valence-electron chi connectivity index (χ2n) is 4.56. The van der Waals surface area contributed by atoms with Crippen LogP contribution in [0.4, 0.5) is 0 Å². The zero-order valence-corrected chi connectivity index (χ0v) is 10.6. The smallest absolute Gasteiger partial charge is 0.224 e. The Hall–Kier alpha value is -1.06. The first-order chi connectivity index (χ1) is 7.73. The zero-order chi connectivity index (χ0) is 11.4. The molecule has 1 aromatic rings. The van der Waals surface area contributed by atoms with Crippen molar-refractivity contribution in [3.63, 3.8) is 0 Å². The summed E-state index contributed by atoms with van der Waals surface area (Å²) >= 11 is 0. The second kappa shape index (κ2) is 6.03. The molecule has 1 aromatic carbocycles. The van der Waals surface area contributed by atoms with E-state index in [1.54, 1.807) is 0 Å². The summed E-state index contributed by atoms with van der Waals surface area (Å²) in [5, 5.41) is 3.27. The molecule has 0 unspecified atom stereocenters. The Bertz CT molecular complexity index is 361. The van der Waals surface area contributed by atoms with Crippen molar-refractivity contribution < 1.29 is 4.79 Å². The van der Waals surface area contributed by atoms with Crippen LogP contribution in [-0.4, -0.2) is 19.0 Å². The van der Waals surface area contributed by atoms with E-state index in [9.17, 15) is 4.79 Å². The maximum Gasteiger partial charge on any atom is 0.224 e. The number of hydrogen-bond acceptors (Lipinski definition) is 2. The Morgan fingerprint density at radius 3 is 2.35 bits per heavy atom. The van der Waals surface area contributed by atoms with Crippen molar-refractivity contribution in [1.29, 1.82) is 0 Å². The highest BCUT2D eigenvalue weighted by Crippen LogP contribution is 2.32. The minimum absolute atomic E-state index is 0. The molecule has 1 aliphatic rings. The highest BCUT2D eigenvalue weighted by atomic mass is 35.5. The molecule has 0 aromatic heterocycles. The third-order valence-corrected chi connectivity index (χ3v) is 3.47. The van der Waals surface area contributed by atoms with Crippen molar-refractivity contribution in [2.75, 3.05) is 13.1 Å². The van der Waals surface area contributed by atoms with Gasteiger partial charge in [-0.1, -0.05) is 30.3 Å². The largest absolute Gasteiger partial charge is 0.369 e. The molecule has 1 heterocycles. The monoisotopic (exact) mass is 254 g/mol. The van der Waals surface area contributed by atoms with Gasteiger partial charge in [0.2, 0.25) is 5.91 Å². The standard InChI is InChI=1S/C13H18N2O.ClH/c14-12(16)13(6-8-15-9-7-13)10-11-4-2-1-3-5-11;/h1-5,15H,6-10H2,(H2,14,16);1H. The quantitative estimate of drug-likeness (QED) is 0.859. The fraction of sp³-hybridized carbons (Fsp3) is 0.462. The number of benzene rings is 1. The van der Waals surface area contributed by atoms with E-state index in [-0.39, 0.29) is 23.7 Å². The summed E-state index contributed by atoms with van der Waals surface area (Å²) in [4.78, 5) is 11.7. The number of nitrogens with two attached hydrogens (primary N) is 1. The molecule has 0 saturated carbocycles. The number of carbonyl (C=O) groups is 1. The van der Waals surface area contributed by atoms with Gasteiger partial charge in [0.05, 0.1) is 5.41 Å². The number of primary amides is 1. The van der Waals surface area contributed by atoms with Gasteiger partial charge < -0.3 is 11.1 Å².